The molecule has 0 atom stereocenters. The highest BCUT2D eigenvalue weighted by Crippen LogP contribution is 2.22. The first-order chi connectivity index (χ1) is 10.8. The van der Waals surface area contributed by atoms with Crippen molar-refractivity contribution in [2.45, 2.75) is 0 Å². The van der Waals surface area contributed by atoms with Gasteiger partial charge in [-0.2, -0.15) is 16.4 Å². The highest BCUT2D eigenvalue weighted by Gasteiger charge is 2.05. The minimum absolute atomic E-state index is 0.114. The van der Waals surface area contributed by atoms with Crippen molar-refractivity contribution < 1.29 is 9.53 Å². The molecule has 0 saturated heterocycles. The van der Waals surface area contributed by atoms with E-state index in [1.54, 1.807) is 29.8 Å². The van der Waals surface area contributed by atoms with Gasteiger partial charge in [0.25, 0.3) is 5.91 Å². The third-order valence-corrected chi connectivity index (χ3v) is 3.60. The van der Waals surface area contributed by atoms with Gasteiger partial charge < -0.3 is 4.74 Å². The van der Waals surface area contributed by atoms with Crippen LogP contribution in [0.15, 0.2) is 58.5 Å². The summed E-state index contributed by atoms with van der Waals surface area (Å²) in [4.78, 5) is 16.0. The molecule has 1 aromatic carbocycles. The third kappa shape index (κ3) is 3.48. The predicted molar refractivity (Wildman–Crippen MR) is 87.3 cm³/mol. The van der Waals surface area contributed by atoms with Crippen LogP contribution in [0.3, 0.4) is 0 Å². The first-order valence-electron chi connectivity index (χ1n) is 6.63. The second kappa shape index (κ2) is 6.82. The van der Waals surface area contributed by atoms with Crippen LogP contribution in [0.25, 0.3) is 10.9 Å². The summed E-state index contributed by atoms with van der Waals surface area (Å²) in [5, 5.41) is 8.73. The van der Waals surface area contributed by atoms with E-state index in [-0.39, 0.29) is 12.5 Å². The molecule has 6 heteroatoms. The van der Waals surface area contributed by atoms with Crippen LogP contribution in [0.2, 0.25) is 0 Å². The molecule has 1 N–H and O–H groups in total. The van der Waals surface area contributed by atoms with E-state index in [9.17, 15) is 4.79 Å². The van der Waals surface area contributed by atoms with Crippen LogP contribution in [0.4, 0.5) is 0 Å². The molecule has 0 spiro atoms. The SMILES string of the molecule is O=C(COc1cccc2cccnc12)N/N=C\c1ccsc1. The molecule has 5 nitrogen and oxygen atoms in total. The number of pyridine rings is 1. The Labute approximate surface area is 131 Å². The van der Waals surface area contributed by atoms with Crippen molar-refractivity contribution in [1.29, 1.82) is 0 Å². The molecule has 3 rings (SSSR count). The molecule has 22 heavy (non-hydrogen) atoms. The topological polar surface area (TPSA) is 63.6 Å². The zero-order valence-electron chi connectivity index (χ0n) is 11.6. The zero-order valence-corrected chi connectivity index (χ0v) is 12.4. The summed E-state index contributed by atoms with van der Waals surface area (Å²) >= 11 is 1.57. The van der Waals surface area contributed by atoms with Gasteiger partial charge >= 0.3 is 0 Å². The zero-order chi connectivity index (χ0) is 15.2. The van der Waals surface area contributed by atoms with Crippen LogP contribution in [0, 0.1) is 0 Å². The van der Waals surface area contributed by atoms with E-state index < -0.39 is 0 Å². The van der Waals surface area contributed by atoms with E-state index in [0.717, 1.165) is 16.5 Å². The molecule has 0 radical (unpaired) electrons. The largest absolute Gasteiger partial charge is 0.481 e. The Morgan fingerprint density at radius 3 is 3.09 bits per heavy atom. The Bertz CT molecular complexity index is 795. The number of hydrogen-bond acceptors (Lipinski definition) is 5. The average molecular weight is 311 g/mol. The van der Waals surface area contributed by atoms with Crippen molar-refractivity contribution in [3.8, 4) is 5.75 Å². The maximum absolute atomic E-state index is 11.7. The van der Waals surface area contributed by atoms with Gasteiger partial charge in [-0.25, -0.2) is 5.43 Å². The highest BCUT2D eigenvalue weighted by molar-refractivity contribution is 7.08. The fourth-order valence-corrected chi connectivity index (χ4v) is 2.51. The van der Waals surface area contributed by atoms with Gasteiger partial charge in [0, 0.05) is 17.1 Å². The lowest BCUT2D eigenvalue weighted by Gasteiger charge is -2.07. The Morgan fingerprint density at radius 1 is 1.32 bits per heavy atom. The minimum atomic E-state index is -0.320. The molecule has 0 bridgehead atoms. The molecule has 0 aliphatic rings. The minimum Gasteiger partial charge on any atom is -0.481 e. The predicted octanol–water partition coefficient (Wildman–Crippen LogP) is 2.83. The van der Waals surface area contributed by atoms with Gasteiger partial charge in [-0.1, -0.05) is 18.2 Å². The van der Waals surface area contributed by atoms with Gasteiger partial charge in [-0.3, -0.25) is 9.78 Å². The fraction of sp³-hybridized carbons (Fsp3) is 0.0625. The Kier molecular flexibility index (Phi) is 4.41. The summed E-state index contributed by atoms with van der Waals surface area (Å²) in [5.41, 5.74) is 4.11. The lowest BCUT2D eigenvalue weighted by atomic mass is 10.2. The first-order valence-corrected chi connectivity index (χ1v) is 7.58. The van der Waals surface area contributed by atoms with Crippen molar-refractivity contribution in [2.75, 3.05) is 6.61 Å². The van der Waals surface area contributed by atoms with Crippen molar-refractivity contribution in [3.63, 3.8) is 0 Å². The van der Waals surface area contributed by atoms with Crippen LogP contribution < -0.4 is 10.2 Å². The number of ether oxygens (including phenoxy) is 1. The Morgan fingerprint density at radius 2 is 2.23 bits per heavy atom. The molecule has 2 heterocycles. The van der Waals surface area contributed by atoms with Crippen LogP contribution >= 0.6 is 11.3 Å². The monoisotopic (exact) mass is 311 g/mol. The number of rotatable bonds is 5. The average Bonchev–Trinajstić information content (AvgIpc) is 3.06. The normalized spacial score (nSPS) is 10.9. The van der Waals surface area contributed by atoms with Crippen molar-refractivity contribution >= 4 is 34.4 Å². The third-order valence-electron chi connectivity index (χ3n) is 2.90. The molecule has 0 aliphatic heterocycles. The van der Waals surface area contributed by atoms with Crippen molar-refractivity contribution in [3.05, 3.63) is 58.9 Å². The second-order valence-corrected chi connectivity index (χ2v) is 5.25. The van der Waals surface area contributed by atoms with E-state index >= 15 is 0 Å². The van der Waals surface area contributed by atoms with E-state index in [1.165, 1.54) is 0 Å². The molecular weight excluding hydrogens is 298 g/mol. The van der Waals surface area contributed by atoms with Crippen molar-refractivity contribution in [2.24, 2.45) is 5.10 Å². The summed E-state index contributed by atoms with van der Waals surface area (Å²) in [7, 11) is 0. The van der Waals surface area contributed by atoms with E-state index in [0.29, 0.717) is 5.75 Å². The number of thiophene rings is 1. The standard InChI is InChI=1S/C16H13N3O2S/c20-15(19-18-9-12-6-8-22-11-12)10-21-14-5-1-3-13-4-2-7-17-16(13)14/h1-9,11H,10H2,(H,19,20)/b18-9-. The van der Waals surface area contributed by atoms with E-state index in [1.807, 2.05) is 41.1 Å². The van der Waals surface area contributed by atoms with Crippen LogP contribution in [0.5, 0.6) is 5.75 Å². The van der Waals surface area contributed by atoms with Gasteiger partial charge in [0.2, 0.25) is 0 Å². The summed E-state index contributed by atoms with van der Waals surface area (Å²) in [5.74, 6) is 0.259. The second-order valence-electron chi connectivity index (χ2n) is 4.47. The lowest BCUT2D eigenvalue weighted by molar-refractivity contribution is -0.123. The van der Waals surface area contributed by atoms with Gasteiger partial charge in [-0.15, -0.1) is 0 Å². The number of para-hydroxylation sites is 1. The lowest BCUT2D eigenvalue weighted by Crippen LogP contribution is -2.24. The Balaban J connectivity index is 1.58. The molecule has 2 aromatic heterocycles. The summed E-state index contributed by atoms with van der Waals surface area (Å²) in [6.07, 6.45) is 3.29. The summed E-state index contributed by atoms with van der Waals surface area (Å²) in [6.45, 7) is -0.114. The number of carbonyl (C=O) groups excluding carboxylic acids is 1. The molecule has 3 aromatic rings. The first kappa shape index (κ1) is 14.2. The molecule has 0 unspecified atom stereocenters. The maximum atomic E-state index is 11.7. The van der Waals surface area contributed by atoms with Gasteiger partial charge in [0.15, 0.2) is 6.61 Å². The number of hydrazone groups is 1. The molecular formula is C16H13N3O2S. The molecule has 0 fully saturated rings. The number of nitrogens with one attached hydrogen (secondary N) is 1. The maximum Gasteiger partial charge on any atom is 0.277 e. The van der Waals surface area contributed by atoms with Gasteiger partial charge in [-0.05, 0) is 29.0 Å². The van der Waals surface area contributed by atoms with Gasteiger partial charge in [0.05, 0.1) is 6.21 Å². The van der Waals surface area contributed by atoms with Crippen LogP contribution in [-0.4, -0.2) is 23.7 Å². The summed E-state index contributed by atoms with van der Waals surface area (Å²) < 4.78 is 5.52. The highest BCUT2D eigenvalue weighted by atomic mass is 32.1. The smallest absolute Gasteiger partial charge is 0.277 e. The molecule has 0 saturated carbocycles. The molecule has 110 valence electrons. The number of nitrogens with zero attached hydrogens (tertiary/aromatic N) is 2. The van der Waals surface area contributed by atoms with Gasteiger partial charge in [0.1, 0.15) is 11.3 Å². The van der Waals surface area contributed by atoms with Crippen LogP contribution in [0.1, 0.15) is 5.56 Å². The number of aromatic nitrogens is 1. The number of carbonyl (C=O) groups is 1. The molecule has 0 aliphatic carbocycles. The van der Waals surface area contributed by atoms with E-state index in [4.69, 9.17) is 4.74 Å². The summed E-state index contributed by atoms with van der Waals surface area (Å²) in [6, 6.07) is 11.3. The quantitative estimate of drug-likeness (QED) is 0.582. The number of benzene rings is 1. The number of fused-ring (bicyclic) bond motifs is 1. The molecule has 1 amide bonds. The Hall–Kier alpha value is -2.73. The van der Waals surface area contributed by atoms with Crippen LogP contribution in [-0.2, 0) is 4.79 Å². The van der Waals surface area contributed by atoms with Crippen molar-refractivity contribution in [1.82, 2.24) is 10.4 Å². The number of amides is 1. The fourth-order valence-electron chi connectivity index (χ4n) is 1.90. The number of hydrogen-bond donors (Lipinski definition) is 1. The van der Waals surface area contributed by atoms with E-state index in [2.05, 4.69) is 15.5 Å².